The first-order chi connectivity index (χ1) is 9.38. The molecule has 0 aromatic heterocycles. The minimum atomic E-state index is -4.49. The Morgan fingerprint density at radius 2 is 1.65 bits per heavy atom. The van der Waals surface area contributed by atoms with Crippen molar-refractivity contribution >= 4 is 17.3 Å². The summed E-state index contributed by atoms with van der Waals surface area (Å²) in [7, 11) is 0. The van der Waals surface area contributed by atoms with E-state index in [1.165, 1.54) is 36.4 Å². The number of para-hydroxylation sites is 1. The highest BCUT2D eigenvalue weighted by molar-refractivity contribution is 6.33. The number of alkyl halides is 3. The van der Waals surface area contributed by atoms with Crippen LogP contribution in [-0.2, 0) is 12.7 Å². The number of rotatable bonds is 3. The van der Waals surface area contributed by atoms with E-state index in [-0.39, 0.29) is 17.3 Å². The Balaban J connectivity index is 2.23. The number of anilines is 1. The van der Waals surface area contributed by atoms with Gasteiger partial charge in [-0.25, -0.2) is 4.39 Å². The summed E-state index contributed by atoms with van der Waals surface area (Å²) >= 11 is 5.80. The number of hydrogen-bond acceptors (Lipinski definition) is 1. The maximum atomic E-state index is 12.9. The van der Waals surface area contributed by atoms with E-state index >= 15 is 0 Å². The van der Waals surface area contributed by atoms with Crippen LogP contribution in [0.25, 0.3) is 0 Å². The van der Waals surface area contributed by atoms with E-state index in [0.29, 0.717) is 5.56 Å². The summed E-state index contributed by atoms with van der Waals surface area (Å²) in [6, 6.07) is 9.05. The summed E-state index contributed by atoms with van der Waals surface area (Å²) in [5.74, 6) is -0.400. The molecule has 20 heavy (non-hydrogen) atoms. The Kier molecular flexibility index (Phi) is 4.18. The van der Waals surface area contributed by atoms with Gasteiger partial charge in [0.25, 0.3) is 0 Å². The Morgan fingerprint density at radius 1 is 1.00 bits per heavy atom. The predicted octanol–water partition coefficient (Wildman–Crippen LogP) is 5.11. The number of nitrogens with one attached hydrogen (secondary N) is 1. The molecular formula is C14H10ClF4N. The SMILES string of the molecule is Fc1ccc(CNc2c(Cl)cccc2C(F)(F)F)cc1. The maximum absolute atomic E-state index is 12.9. The molecule has 1 nitrogen and oxygen atoms in total. The zero-order chi connectivity index (χ0) is 14.8. The molecule has 1 N–H and O–H groups in total. The van der Waals surface area contributed by atoms with Gasteiger partial charge in [0.15, 0.2) is 0 Å². The summed E-state index contributed by atoms with van der Waals surface area (Å²) in [6.07, 6.45) is -4.49. The van der Waals surface area contributed by atoms with Gasteiger partial charge < -0.3 is 5.32 Å². The lowest BCUT2D eigenvalue weighted by Crippen LogP contribution is -2.11. The zero-order valence-corrected chi connectivity index (χ0v) is 10.9. The Hall–Kier alpha value is -1.75. The van der Waals surface area contributed by atoms with E-state index in [1.54, 1.807) is 0 Å². The number of halogens is 5. The van der Waals surface area contributed by atoms with E-state index in [2.05, 4.69) is 5.32 Å². The van der Waals surface area contributed by atoms with Crippen molar-refractivity contribution in [2.24, 2.45) is 0 Å². The molecule has 0 aliphatic rings. The first kappa shape index (κ1) is 14.7. The van der Waals surface area contributed by atoms with Crippen LogP contribution in [0.4, 0.5) is 23.2 Å². The third-order valence-electron chi connectivity index (χ3n) is 2.70. The van der Waals surface area contributed by atoms with Gasteiger partial charge in [-0.1, -0.05) is 29.8 Å². The second-order valence-corrected chi connectivity index (χ2v) is 4.55. The zero-order valence-electron chi connectivity index (χ0n) is 10.1. The van der Waals surface area contributed by atoms with Gasteiger partial charge in [0.05, 0.1) is 16.3 Å². The van der Waals surface area contributed by atoms with Crippen molar-refractivity contribution in [1.29, 1.82) is 0 Å². The molecule has 2 aromatic carbocycles. The lowest BCUT2D eigenvalue weighted by Gasteiger charge is -2.16. The van der Waals surface area contributed by atoms with Crippen molar-refractivity contribution in [3.63, 3.8) is 0 Å². The van der Waals surface area contributed by atoms with Crippen LogP contribution in [0, 0.1) is 5.82 Å². The molecule has 0 fully saturated rings. The quantitative estimate of drug-likeness (QED) is 0.777. The van der Waals surface area contributed by atoms with Gasteiger partial charge in [-0.2, -0.15) is 13.2 Å². The van der Waals surface area contributed by atoms with Crippen molar-refractivity contribution in [1.82, 2.24) is 0 Å². The molecule has 0 spiro atoms. The van der Waals surface area contributed by atoms with Crippen LogP contribution in [0.15, 0.2) is 42.5 Å². The van der Waals surface area contributed by atoms with Crippen molar-refractivity contribution in [2.45, 2.75) is 12.7 Å². The van der Waals surface area contributed by atoms with Crippen LogP contribution in [0.3, 0.4) is 0 Å². The summed E-state index contributed by atoms with van der Waals surface area (Å²) in [6.45, 7) is 0.118. The molecule has 0 heterocycles. The largest absolute Gasteiger partial charge is 0.418 e. The number of hydrogen-bond donors (Lipinski definition) is 1. The Morgan fingerprint density at radius 3 is 2.25 bits per heavy atom. The summed E-state index contributed by atoms with van der Waals surface area (Å²) < 4.78 is 51.3. The number of benzene rings is 2. The highest BCUT2D eigenvalue weighted by Crippen LogP contribution is 2.38. The molecule has 6 heteroatoms. The van der Waals surface area contributed by atoms with Crippen LogP contribution < -0.4 is 5.32 Å². The molecule has 0 radical (unpaired) electrons. The average molecular weight is 304 g/mol. The van der Waals surface area contributed by atoms with Crippen LogP contribution in [0.1, 0.15) is 11.1 Å². The highest BCUT2D eigenvalue weighted by Gasteiger charge is 2.34. The van der Waals surface area contributed by atoms with Crippen LogP contribution in [0.2, 0.25) is 5.02 Å². The first-order valence-electron chi connectivity index (χ1n) is 5.72. The molecule has 106 valence electrons. The lowest BCUT2D eigenvalue weighted by molar-refractivity contribution is -0.136. The van der Waals surface area contributed by atoms with Gasteiger partial charge in [-0.15, -0.1) is 0 Å². The van der Waals surface area contributed by atoms with Crippen molar-refractivity contribution in [3.8, 4) is 0 Å². The monoisotopic (exact) mass is 303 g/mol. The molecule has 0 amide bonds. The molecule has 0 unspecified atom stereocenters. The predicted molar refractivity (Wildman–Crippen MR) is 70.2 cm³/mol. The van der Waals surface area contributed by atoms with Gasteiger partial charge in [0.2, 0.25) is 0 Å². The molecule has 0 atom stereocenters. The van der Waals surface area contributed by atoms with Crippen molar-refractivity contribution in [2.75, 3.05) is 5.32 Å². The fraction of sp³-hybridized carbons (Fsp3) is 0.143. The molecule has 0 bridgehead atoms. The van der Waals surface area contributed by atoms with Gasteiger partial charge >= 0.3 is 6.18 Å². The van der Waals surface area contributed by atoms with Crippen LogP contribution >= 0.6 is 11.6 Å². The second kappa shape index (κ2) is 5.71. The highest BCUT2D eigenvalue weighted by atomic mass is 35.5. The molecule has 0 aliphatic heterocycles. The smallest absolute Gasteiger partial charge is 0.379 e. The van der Waals surface area contributed by atoms with Gasteiger partial charge in [0, 0.05) is 6.54 Å². The fourth-order valence-corrected chi connectivity index (χ4v) is 1.97. The lowest BCUT2D eigenvalue weighted by atomic mass is 10.1. The minimum absolute atomic E-state index is 0.0121. The van der Waals surface area contributed by atoms with Gasteiger partial charge in [0.1, 0.15) is 5.82 Å². The second-order valence-electron chi connectivity index (χ2n) is 4.14. The van der Waals surface area contributed by atoms with E-state index in [0.717, 1.165) is 6.07 Å². The minimum Gasteiger partial charge on any atom is -0.379 e. The Labute approximate surface area is 118 Å². The third kappa shape index (κ3) is 3.42. The molecule has 0 saturated carbocycles. The van der Waals surface area contributed by atoms with E-state index < -0.39 is 17.6 Å². The van der Waals surface area contributed by atoms with Gasteiger partial charge in [-0.05, 0) is 29.8 Å². The molecular weight excluding hydrogens is 294 g/mol. The molecule has 0 saturated heterocycles. The van der Waals surface area contributed by atoms with Gasteiger partial charge in [-0.3, -0.25) is 0 Å². The van der Waals surface area contributed by atoms with Crippen molar-refractivity contribution in [3.05, 3.63) is 64.4 Å². The molecule has 0 aliphatic carbocycles. The van der Waals surface area contributed by atoms with E-state index in [9.17, 15) is 17.6 Å². The topological polar surface area (TPSA) is 12.0 Å². The Bertz CT molecular complexity index is 593. The molecule has 2 aromatic rings. The van der Waals surface area contributed by atoms with E-state index in [4.69, 9.17) is 11.6 Å². The first-order valence-corrected chi connectivity index (χ1v) is 6.10. The van der Waals surface area contributed by atoms with Crippen molar-refractivity contribution < 1.29 is 17.6 Å². The van der Waals surface area contributed by atoms with Crippen LogP contribution in [0.5, 0.6) is 0 Å². The average Bonchev–Trinajstić information content (AvgIpc) is 2.38. The summed E-state index contributed by atoms with van der Waals surface area (Å²) in [4.78, 5) is 0. The third-order valence-corrected chi connectivity index (χ3v) is 3.02. The molecule has 2 rings (SSSR count). The van der Waals surface area contributed by atoms with E-state index in [1.807, 2.05) is 0 Å². The standard InChI is InChI=1S/C14H10ClF4N/c15-12-3-1-2-11(14(17,18)19)13(12)20-8-9-4-6-10(16)7-5-9/h1-7,20H,8H2. The normalized spacial score (nSPS) is 11.4. The fourth-order valence-electron chi connectivity index (χ4n) is 1.73. The summed E-state index contributed by atoms with van der Waals surface area (Å²) in [5.41, 5.74) is -0.349. The van der Waals surface area contributed by atoms with Crippen LogP contribution in [-0.4, -0.2) is 0 Å². The summed E-state index contributed by atoms with van der Waals surface area (Å²) in [5, 5.41) is 2.64. The maximum Gasteiger partial charge on any atom is 0.418 e.